The quantitative estimate of drug-likeness (QED) is 0.820. The predicted octanol–water partition coefficient (Wildman–Crippen LogP) is 1.46. The Morgan fingerprint density at radius 1 is 1.25 bits per heavy atom. The van der Waals surface area contributed by atoms with Gasteiger partial charge in [0.05, 0.1) is 5.52 Å². The second kappa shape index (κ2) is 6.99. The topological polar surface area (TPSA) is 71.1 Å². The number of likely N-dealkylation sites (N-methyl/N-ethyl adjacent to an activating group) is 1. The number of halogens is 1. The van der Waals surface area contributed by atoms with Crippen LogP contribution in [0.2, 0.25) is 0 Å². The molecule has 5 nitrogen and oxygen atoms in total. The lowest BCUT2D eigenvalue weighted by Crippen LogP contribution is -2.30. The van der Waals surface area contributed by atoms with Gasteiger partial charge in [-0.05, 0) is 31.7 Å². The Morgan fingerprint density at radius 2 is 2.00 bits per heavy atom. The molecule has 7 heteroatoms. The summed E-state index contributed by atoms with van der Waals surface area (Å²) in [7, 11) is -1.75. The van der Waals surface area contributed by atoms with E-state index in [4.69, 9.17) is 0 Å². The zero-order chi connectivity index (χ0) is 13.9. The summed E-state index contributed by atoms with van der Waals surface area (Å²) in [5.41, 5.74) is 1.51. The molecule has 2 aromatic rings. The molecule has 0 amide bonds. The van der Waals surface area contributed by atoms with Crippen LogP contribution in [0.3, 0.4) is 0 Å². The maximum Gasteiger partial charge on any atom is 0.242 e. The van der Waals surface area contributed by atoms with Gasteiger partial charge in [0.2, 0.25) is 10.0 Å². The van der Waals surface area contributed by atoms with Crippen LogP contribution in [0.25, 0.3) is 10.9 Å². The number of hydrogen-bond acceptors (Lipinski definition) is 4. The van der Waals surface area contributed by atoms with Crippen LogP contribution in [0.5, 0.6) is 0 Å². The fourth-order valence-corrected chi connectivity index (χ4v) is 3.06. The number of hydrogen-bond donors (Lipinski definition) is 2. The zero-order valence-corrected chi connectivity index (χ0v) is 13.0. The van der Waals surface area contributed by atoms with Crippen molar-refractivity contribution in [2.24, 2.45) is 0 Å². The van der Waals surface area contributed by atoms with Gasteiger partial charge in [-0.25, -0.2) is 13.1 Å². The van der Waals surface area contributed by atoms with Crippen molar-refractivity contribution in [3.8, 4) is 0 Å². The molecule has 110 valence electrons. The van der Waals surface area contributed by atoms with Crippen molar-refractivity contribution in [1.29, 1.82) is 0 Å². The van der Waals surface area contributed by atoms with Gasteiger partial charge < -0.3 is 5.32 Å². The first-order valence-corrected chi connectivity index (χ1v) is 7.52. The molecule has 0 atom stereocenters. The smallest absolute Gasteiger partial charge is 0.242 e. The third kappa shape index (κ3) is 3.67. The summed E-state index contributed by atoms with van der Waals surface area (Å²) in [6.45, 7) is 2.86. The van der Waals surface area contributed by atoms with Crippen LogP contribution < -0.4 is 10.0 Å². The molecule has 0 aliphatic heterocycles. The number of nitrogens with one attached hydrogen (secondary N) is 2. The van der Waals surface area contributed by atoms with Gasteiger partial charge in [-0.3, -0.25) is 4.98 Å². The lowest BCUT2D eigenvalue weighted by Gasteiger charge is -2.09. The van der Waals surface area contributed by atoms with E-state index in [2.05, 4.69) is 15.0 Å². The van der Waals surface area contributed by atoms with E-state index >= 15 is 0 Å². The summed E-state index contributed by atoms with van der Waals surface area (Å²) in [6, 6.07) is 7.10. The lowest BCUT2D eigenvalue weighted by atomic mass is 10.2. The van der Waals surface area contributed by atoms with Crippen molar-refractivity contribution >= 4 is 33.3 Å². The largest absolute Gasteiger partial charge is 0.318 e. The molecule has 1 aromatic heterocycles. The Morgan fingerprint density at radius 3 is 2.70 bits per heavy atom. The van der Waals surface area contributed by atoms with E-state index in [9.17, 15) is 8.42 Å². The first-order chi connectivity index (χ1) is 9.04. The molecule has 0 saturated heterocycles. The minimum absolute atomic E-state index is 0. The molecule has 0 aliphatic rings. The number of para-hydroxylation sites is 1. The van der Waals surface area contributed by atoms with Gasteiger partial charge in [0.25, 0.3) is 0 Å². The molecule has 1 heterocycles. The molecule has 0 saturated carbocycles. The third-order valence-electron chi connectivity index (χ3n) is 2.77. The van der Waals surface area contributed by atoms with Gasteiger partial charge in [-0.1, -0.05) is 12.1 Å². The van der Waals surface area contributed by atoms with Gasteiger partial charge >= 0.3 is 0 Å². The van der Waals surface area contributed by atoms with Crippen molar-refractivity contribution in [1.82, 2.24) is 15.0 Å². The highest BCUT2D eigenvalue weighted by Gasteiger charge is 2.17. The van der Waals surface area contributed by atoms with Crippen molar-refractivity contribution in [3.63, 3.8) is 0 Å². The van der Waals surface area contributed by atoms with Crippen molar-refractivity contribution in [3.05, 3.63) is 36.0 Å². The first kappa shape index (κ1) is 16.8. The van der Waals surface area contributed by atoms with E-state index in [0.717, 1.165) is 10.9 Å². The lowest BCUT2D eigenvalue weighted by molar-refractivity contribution is 0.580. The Kier molecular flexibility index (Phi) is 5.88. The van der Waals surface area contributed by atoms with E-state index < -0.39 is 10.0 Å². The summed E-state index contributed by atoms with van der Waals surface area (Å²) in [5.74, 6) is 0. The van der Waals surface area contributed by atoms with Crippen LogP contribution in [0.4, 0.5) is 0 Å². The van der Waals surface area contributed by atoms with E-state index in [1.807, 2.05) is 19.1 Å². The molecule has 0 bridgehead atoms. The summed E-state index contributed by atoms with van der Waals surface area (Å²) in [6.07, 6.45) is 1.68. The number of sulfonamides is 1. The van der Waals surface area contributed by atoms with Crippen LogP contribution in [0.1, 0.15) is 5.56 Å². The summed E-state index contributed by atoms with van der Waals surface area (Å²) >= 11 is 0. The predicted molar refractivity (Wildman–Crippen MR) is 82.8 cm³/mol. The number of aromatic nitrogens is 1. The number of rotatable bonds is 5. The van der Waals surface area contributed by atoms with Crippen LogP contribution in [-0.2, 0) is 10.0 Å². The van der Waals surface area contributed by atoms with Crippen LogP contribution in [0.15, 0.2) is 35.4 Å². The summed E-state index contributed by atoms with van der Waals surface area (Å²) in [4.78, 5) is 4.46. The molecule has 0 unspecified atom stereocenters. The Balaban J connectivity index is 0.00000200. The van der Waals surface area contributed by atoms with Gasteiger partial charge in [0, 0.05) is 24.7 Å². The minimum Gasteiger partial charge on any atom is -0.318 e. The third-order valence-corrected chi connectivity index (χ3v) is 4.26. The van der Waals surface area contributed by atoms with Crippen LogP contribution in [0, 0.1) is 6.92 Å². The van der Waals surface area contributed by atoms with Gasteiger partial charge in [-0.2, -0.15) is 0 Å². The Labute approximate surface area is 125 Å². The molecule has 0 spiro atoms. The molecule has 0 fully saturated rings. The van der Waals surface area contributed by atoms with Gasteiger partial charge in [0.15, 0.2) is 0 Å². The van der Waals surface area contributed by atoms with Gasteiger partial charge in [0.1, 0.15) is 4.90 Å². The molecular weight excluding hydrogens is 298 g/mol. The Bertz CT molecular complexity index is 689. The standard InChI is InChI=1S/C13H17N3O2S.ClH/c1-10-8-11-4-3-5-12(13(11)15-9-10)19(17,18)16-7-6-14-2;/h3-5,8-9,14,16H,6-7H2,1-2H3;1H. The van der Waals surface area contributed by atoms with Crippen molar-refractivity contribution < 1.29 is 8.42 Å². The molecule has 0 aliphatic carbocycles. The second-order valence-corrected chi connectivity index (χ2v) is 6.08. The number of aryl methyl sites for hydroxylation is 1. The van der Waals surface area contributed by atoms with Crippen LogP contribution in [-0.4, -0.2) is 33.5 Å². The molecule has 2 N–H and O–H groups in total. The highest BCUT2D eigenvalue weighted by Crippen LogP contribution is 2.21. The molecular formula is C13H18ClN3O2S. The number of pyridine rings is 1. The Hall–Kier alpha value is -1.21. The molecule has 1 aromatic carbocycles. The average Bonchev–Trinajstić information content (AvgIpc) is 2.37. The van der Waals surface area contributed by atoms with E-state index in [0.29, 0.717) is 18.6 Å². The first-order valence-electron chi connectivity index (χ1n) is 6.04. The van der Waals surface area contributed by atoms with Crippen molar-refractivity contribution in [2.75, 3.05) is 20.1 Å². The van der Waals surface area contributed by atoms with E-state index in [1.54, 1.807) is 25.4 Å². The second-order valence-electron chi connectivity index (χ2n) is 4.34. The molecule has 20 heavy (non-hydrogen) atoms. The fourth-order valence-electron chi connectivity index (χ4n) is 1.85. The molecule has 2 rings (SSSR count). The average molecular weight is 316 g/mol. The summed E-state index contributed by atoms with van der Waals surface area (Å²) < 4.78 is 27.0. The zero-order valence-electron chi connectivity index (χ0n) is 11.4. The maximum absolute atomic E-state index is 12.2. The SMILES string of the molecule is CNCCNS(=O)(=O)c1cccc2cc(C)cnc12.Cl. The number of fused-ring (bicyclic) bond motifs is 1. The van der Waals surface area contributed by atoms with Crippen molar-refractivity contribution in [2.45, 2.75) is 11.8 Å². The monoisotopic (exact) mass is 315 g/mol. The number of benzene rings is 1. The summed E-state index contributed by atoms with van der Waals surface area (Å²) in [5, 5.41) is 3.72. The van der Waals surface area contributed by atoms with Gasteiger partial charge in [-0.15, -0.1) is 12.4 Å². The minimum atomic E-state index is -3.52. The fraction of sp³-hybridized carbons (Fsp3) is 0.308. The van der Waals surface area contributed by atoms with E-state index in [1.165, 1.54) is 0 Å². The maximum atomic E-state index is 12.2. The van der Waals surface area contributed by atoms with E-state index in [-0.39, 0.29) is 17.3 Å². The highest BCUT2D eigenvalue weighted by atomic mass is 35.5. The van der Waals surface area contributed by atoms with Crippen LogP contribution >= 0.6 is 12.4 Å². The highest BCUT2D eigenvalue weighted by molar-refractivity contribution is 7.89. The molecule has 0 radical (unpaired) electrons. The number of nitrogens with zero attached hydrogens (tertiary/aromatic N) is 1. The normalized spacial score (nSPS) is 11.3.